The summed E-state index contributed by atoms with van der Waals surface area (Å²) in [4.78, 5) is 30.9. The first kappa shape index (κ1) is 26.4. The molecule has 0 aliphatic rings. The van der Waals surface area contributed by atoms with Crippen LogP contribution in [0.2, 0.25) is 0 Å². The number of nitrogens with zero attached hydrogens (tertiary/aromatic N) is 2. The van der Waals surface area contributed by atoms with E-state index in [1.807, 2.05) is 20.8 Å². The molecule has 2 aromatic heterocycles. The van der Waals surface area contributed by atoms with Crippen LogP contribution in [0.25, 0.3) is 5.65 Å². The van der Waals surface area contributed by atoms with E-state index in [0.29, 0.717) is 41.4 Å². The van der Waals surface area contributed by atoms with Gasteiger partial charge in [0, 0.05) is 19.0 Å². The number of carbonyl (C=O) groups is 2. The smallest absolute Gasteiger partial charge is 0.270 e. The number of hydrogen-bond donors (Lipinski definition) is 3. The van der Waals surface area contributed by atoms with E-state index in [4.69, 9.17) is 0 Å². The fourth-order valence-corrected chi connectivity index (χ4v) is 4.54. The minimum absolute atomic E-state index is 0.166. The molecule has 0 saturated heterocycles. The summed E-state index contributed by atoms with van der Waals surface area (Å²) in [7, 11) is -3.29. The number of fused-ring (bicyclic) bond motifs is 1. The summed E-state index contributed by atoms with van der Waals surface area (Å²) in [6.45, 7) is 5.96. The molecule has 2 amide bonds. The van der Waals surface area contributed by atoms with Gasteiger partial charge in [-0.25, -0.2) is 13.4 Å². The number of amides is 2. The average Bonchev–Trinajstić information content (AvgIpc) is 3.20. The van der Waals surface area contributed by atoms with Crippen molar-refractivity contribution in [3.05, 3.63) is 65.1 Å². The van der Waals surface area contributed by atoms with Gasteiger partial charge >= 0.3 is 0 Å². The first-order valence-electron chi connectivity index (χ1n) is 11.5. The summed E-state index contributed by atoms with van der Waals surface area (Å²) < 4.78 is 24.9. The van der Waals surface area contributed by atoms with Crippen LogP contribution in [0.3, 0.4) is 0 Å². The molecule has 0 radical (unpaired) electrons. The zero-order valence-corrected chi connectivity index (χ0v) is 21.2. The molecule has 0 spiro atoms. The molecule has 0 aliphatic carbocycles. The van der Waals surface area contributed by atoms with Gasteiger partial charge in [0.15, 0.2) is 15.5 Å². The van der Waals surface area contributed by atoms with Gasteiger partial charge < -0.3 is 15.7 Å². The quantitative estimate of drug-likeness (QED) is 0.392. The van der Waals surface area contributed by atoms with Crippen molar-refractivity contribution in [3.8, 4) is 0 Å². The van der Waals surface area contributed by atoms with Crippen LogP contribution >= 0.6 is 0 Å². The summed E-state index contributed by atoms with van der Waals surface area (Å²) in [6.07, 6.45) is 3.96. The molecule has 2 heterocycles. The molecule has 1 aromatic carbocycles. The SMILES string of the molecule is CCc1nc2c(C(=O)NCc3ccc(S(C)(=O)=O)cc3)cccn2c1C(=O)N[C@H](CO)CC(C)C. The van der Waals surface area contributed by atoms with Crippen LogP contribution in [0.15, 0.2) is 47.5 Å². The van der Waals surface area contributed by atoms with Crippen molar-refractivity contribution < 1.29 is 23.1 Å². The first-order chi connectivity index (χ1) is 16.5. The van der Waals surface area contributed by atoms with Gasteiger partial charge in [0.1, 0.15) is 5.69 Å². The highest BCUT2D eigenvalue weighted by atomic mass is 32.2. The number of hydrogen-bond acceptors (Lipinski definition) is 6. The van der Waals surface area contributed by atoms with Crippen molar-refractivity contribution in [1.82, 2.24) is 20.0 Å². The van der Waals surface area contributed by atoms with E-state index in [2.05, 4.69) is 15.6 Å². The lowest BCUT2D eigenvalue weighted by Gasteiger charge is -2.18. The molecule has 188 valence electrons. The Balaban J connectivity index is 1.84. The van der Waals surface area contributed by atoms with E-state index in [-0.39, 0.29) is 35.9 Å². The van der Waals surface area contributed by atoms with Gasteiger partial charge in [0.2, 0.25) is 0 Å². The highest BCUT2D eigenvalue weighted by Crippen LogP contribution is 2.18. The number of carbonyl (C=O) groups excluding carboxylic acids is 2. The zero-order chi connectivity index (χ0) is 25.8. The van der Waals surface area contributed by atoms with Crippen LogP contribution in [0.4, 0.5) is 0 Å². The van der Waals surface area contributed by atoms with Crippen molar-refractivity contribution in [2.24, 2.45) is 5.92 Å². The van der Waals surface area contributed by atoms with E-state index in [0.717, 1.165) is 11.8 Å². The molecule has 10 heteroatoms. The fourth-order valence-electron chi connectivity index (χ4n) is 3.91. The molecule has 0 aliphatic heterocycles. The lowest BCUT2D eigenvalue weighted by molar-refractivity contribution is 0.0899. The molecule has 3 rings (SSSR count). The highest BCUT2D eigenvalue weighted by molar-refractivity contribution is 7.90. The number of imidazole rings is 1. The molecule has 0 saturated carbocycles. The van der Waals surface area contributed by atoms with E-state index in [9.17, 15) is 23.1 Å². The number of benzene rings is 1. The molecule has 0 unspecified atom stereocenters. The Hall–Kier alpha value is -3.24. The van der Waals surface area contributed by atoms with Crippen LogP contribution in [0, 0.1) is 5.92 Å². The number of sulfone groups is 1. The standard InChI is InChI=1S/C25H32N4O5S/c1-5-21-22(25(32)27-18(15-30)13-16(2)3)29-12-6-7-20(23(29)28-21)24(31)26-14-17-8-10-19(11-9-17)35(4,33)34/h6-12,16,18,30H,5,13-15H2,1-4H3,(H,26,31)(H,27,32)/t18-/m0/s1. The topological polar surface area (TPSA) is 130 Å². The van der Waals surface area contributed by atoms with Crippen molar-refractivity contribution in [1.29, 1.82) is 0 Å². The molecule has 35 heavy (non-hydrogen) atoms. The Morgan fingerprint density at radius 3 is 2.37 bits per heavy atom. The maximum Gasteiger partial charge on any atom is 0.270 e. The summed E-state index contributed by atoms with van der Waals surface area (Å²) in [6, 6.07) is 9.25. The largest absolute Gasteiger partial charge is 0.394 e. The Bertz CT molecular complexity index is 1310. The second-order valence-electron chi connectivity index (χ2n) is 8.96. The average molecular weight is 501 g/mol. The second-order valence-corrected chi connectivity index (χ2v) is 11.0. The molecular weight excluding hydrogens is 468 g/mol. The summed E-state index contributed by atoms with van der Waals surface area (Å²) in [5, 5.41) is 15.4. The predicted octanol–water partition coefficient (Wildman–Crippen LogP) is 2.37. The van der Waals surface area contributed by atoms with Crippen LogP contribution in [-0.4, -0.2) is 53.6 Å². The Morgan fingerprint density at radius 1 is 1.11 bits per heavy atom. The maximum atomic E-state index is 13.1. The van der Waals surface area contributed by atoms with Crippen LogP contribution in [-0.2, 0) is 22.8 Å². The highest BCUT2D eigenvalue weighted by Gasteiger charge is 2.24. The minimum Gasteiger partial charge on any atom is -0.394 e. The summed E-state index contributed by atoms with van der Waals surface area (Å²) in [5.74, 6) is -0.411. The Kier molecular flexibility index (Phi) is 8.29. The molecule has 0 bridgehead atoms. The Labute approximate surface area is 205 Å². The van der Waals surface area contributed by atoms with E-state index < -0.39 is 9.84 Å². The lowest BCUT2D eigenvalue weighted by Crippen LogP contribution is -2.39. The normalized spacial score (nSPS) is 12.6. The maximum absolute atomic E-state index is 13.1. The van der Waals surface area contributed by atoms with Gasteiger partial charge in [-0.05, 0) is 48.6 Å². The molecule has 0 fully saturated rings. The number of aliphatic hydroxyl groups excluding tert-OH is 1. The molecular formula is C25H32N4O5S. The molecule has 3 N–H and O–H groups in total. The third kappa shape index (κ3) is 6.26. The number of pyridine rings is 1. The van der Waals surface area contributed by atoms with Crippen LogP contribution in [0.5, 0.6) is 0 Å². The van der Waals surface area contributed by atoms with E-state index in [1.165, 1.54) is 12.1 Å². The van der Waals surface area contributed by atoms with Crippen molar-refractivity contribution >= 4 is 27.3 Å². The van der Waals surface area contributed by atoms with Crippen molar-refractivity contribution in [2.75, 3.05) is 12.9 Å². The second kappa shape index (κ2) is 11.0. The monoisotopic (exact) mass is 500 g/mol. The van der Waals surface area contributed by atoms with Gasteiger partial charge in [-0.15, -0.1) is 0 Å². The minimum atomic E-state index is -3.29. The third-order valence-electron chi connectivity index (χ3n) is 5.63. The van der Waals surface area contributed by atoms with Gasteiger partial charge in [-0.2, -0.15) is 0 Å². The zero-order valence-electron chi connectivity index (χ0n) is 20.4. The molecule has 3 aromatic rings. The fraction of sp³-hybridized carbons (Fsp3) is 0.400. The van der Waals surface area contributed by atoms with Gasteiger partial charge in [-0.3, -0.25) is 14.0 Å². The van der Waals surface area contributed by atoms with Crippen LogP contribution in [0.1, 0.15) is 59.3 Å². The number of rotatable bonds is 10. The van der Waals surface area contributed by atoms with Crippen LogP contribution < -0.4 is 10.6 Å². The van der Waals surface area contributed by atoms with Gasteiger partial charge in [0.05, 0.1) is 28.8 Å². The molecule has 1 atom stereocenters. The number of aryl methyl sites for hydroxylation is 1. The lowest BCUT2D eigenvalue weighted by atomic mass is 10.0. The van der Waals surface area contributed by atoms with Gasteiger partial charge in [0.25, 0.3) is 11.8 Å². The number of aliphatic hydroxyl groups is 1. The van der Waals surface area contributed by atoms with E-state index in [1.54, 1.807) is 34.9 Å². The first-order valence-corrected chi connectivity index (χ1v) is 13.4. The van der Waals surface area contributed by atoms with E-state index >= 15 is 0 Å². The predicted molar refractivity (Wildman–Crippen MR) is 133 cm³/mol. The number of aromatic nitrogens is 2. The van der Waals surface area contributed by atoms with Crippen molar-refractivity contribution in [2.45, 2.75) is 51.1 Å². The van der Waals surface area contributed by atoms with Crippen molar-refractivity contribution in [3.63, 3.8) is 0 Å². The third-order valence-corrected chi connectivity index (χ3v) is 6.76. The molecule has 9 nitrogen and oxygen atoms in total. The Morgan fingerprint density at radius 2 is 1.80 bits per heavy atom. The number of nitrogens with one attached hydrogen (secondary N) is 2. The van der Waals surface area contributed by atoms with Gasteiger partial charge in [-0.1, -0.05) is 32.9 Å². The summed E-state index contributed by atoms with van der Waals surface area (Å²) in [5.41, 5.74) is 2.32. The summed E-state index contributed by atoms with van der Waals surface area (Å²) >= 11 is 0.